The number of thioether (sulfide) groups is 1. The minimum Gasteiger partial charge on any atom is -0.492 e. The third kappa shape index (κ3) is 2.94. The summed E-state index contributed by atoms with van der Waals surface area (Å²) in [6.45, 7) is 5.51. The molecule has 0 saturated heterocycles. The van der Waals surface area contributed by atoms with Crippen molar-refractivity contribution in [1.29, 1.82) is 0 Å². The second kappa shape index (κ2) is 6.12. The number of ether oxygens (including phenoxy) is 1. The van der Waals surface area contributed by atoms with E-state index in [4.69, 9.17) is 10.5 Å². The summed E-state index contributed by atoms with van der Waals surface area (Å²) in [4.78, 5) is 1.40. The van der Waals surface area contributed by atoms with E-state index in [0.717, 1.165) is 18.1 Å². The van der Waals surface area contributed by atoms with Gasteiger partial charge in [-0.15, -0.1) is 11.8 Å². The highest BCUT2D eigenvalue weighted by Gasteiger charge is 2.23. The second-order valence-electron chi connectivity index (χ2n) is 5.62. The molecule has 3 rings (SSSR count). The van der Waals surface area contributed by atoms with E-state index in [1.54, 1.807) is 0 Å². The van der Waals surface area contributed by atoms with Crippen LogP contribution in [-0.2, 0) is 6.54 Å². The highest BCUT2D eigenvalue weighted by Crippen LogP contribution is 2.39. The summed E-state index contributed by atoms with van der Waals surface area (Å²) < 4.78 is 6.15. The van der Waals surface area contributed by atoms with Gasteiger partial charge in [-0.05, 0) is 42.2 Å². The Balaban J connectivity index is 1.75. The van der Waals surface area contributed by atoms with Gasteiger partial charge in [-0.1, -0.05) is 30.3 Å². The highest BCUT2D eigenvalue weighted by molar-refractivity contribution is 7.99. The Kier molecular flexibility index (Phi) is 4.22. The molecule has 1 aliphatic heterocycles. The van der Waals surface area contributed by atoms with Crippen LogP contribution in [0.5, 0.6) is 5.75 Å². The van der Waals surface area contributed by atoms with Gasteiger partial charge < -0.3 is 10.5 Å². The first-order chi connectivity index (χ1) is 10.2. The van der Waals surface area contributed by atoms with Crippen LogP contribution >= 0.6 is 11.8 Å². The maximum absolute atomic E-state index is 6.15. The minimum absolute atomic E-state index is 0.485. The summed E-state index contributed by atoms with van der Waals surface area (Å²) in [7, 11) is 0. The van der Waals surface area contributed by atoms with Crippen LogP contribution in [0.4, 0.5) is 0 Å². The quantitative estimate of drug-likeness (QED) is 0.925. The Morgan fingerprint density at radius 1 is 1.19 bits per heavy atom. The molecule has 0 radical (unpaired) electrons. The molecule has 2 N–H and O–H groups in total. The van der Waals surface area contributed by atoms with E-state index in [1.165, 1.54) is 27.1 Å². The zero-order valence-corrected chi connectivity index (χ0v) is 13.4. The van der Waals surface area contributed by atoms with Crippen molar-refractivity contribution in [2.75, 3.05) is 12.4 Å². The van der Waals surface area contributed by atoms with Gasteiger partial charge in [-0.3, -0.25) is 0 Å². The fourth-order valence-electron chi connectivity index (χ4n) is 2.94. The molecule has 1 aliphatic rings. The molecule has 0 aliphatic carbocycles. The van der Waals surface area contributed by atoms with Gasteiger partial charge in [0.2, 0.25) is 0 Å². The Hall–Kier alpha value is -1.45. The highest BCUT2D eigenvalue weighted by atomic mass is 32.2. The van der Waals surface area contributed by atoms with Crippen LogP contribution < -0.4 is 10.5 Å². The monoisotopic (exact) mass is 299 g/mol. The molecule has 0 spiro atoms. The van der Waals surface area contributed by atoms with Gasteiger partial charge in [-0.2, -0.15) is 0 Å². The lowest BCUT2D eigenvalue weighted by atomic mass is 10.0. The van der Waals surface area contributed by atoms with Gasteiger partial charge in [0.15, 0.2) is 0 Å². The molecule has 2 nitrogen and oxygen atoms in total. The predicted molar refractivity (Wildman–Crippen MR) is 89.2 cm³/mol. The fourth-order valence-corrected chi connectivity index (χ4v) is 4.17. The van der Waals surface area contributed by atoms with Crippen molar-refractivity contribution in [3.05, 3.63) is 58.7 Å². The maximum atomic E-state index is 6.15. The van der Waals surface area contributed by atoms with Crippen molar-refractivity contribution in [3.63, 3.8) is 0 Å². The van der Waals surface area contributed by atoms with Gasteiger partial charge in [-0.25, -0.2) is 0 Å². The molecule has 3 heteroatoms. The first-order valence-corrected chi connectivity index (χ1v) is 8.32. The Morgan fingerprint density at radius 2 is 1.90 bits per heavy atom. The average Bonchev–Trinajstić information content (AvgIpc) is 2.89. The van der Waals surface area contributed by atoms with Crippen LogP contribution in [0.3, 0.4) is 0 Å². The van der Waals surface area contributed by atoms with Crippen LogP contribution in [0.15, 0.2) is 41.3 Å². The van der Waals surface area contributed by atoms with Crippen molar-refractivity contribution < 1.29 is 4.74 Å². The van der Waals surface area contributed by atoms with Crippen molar-refractivity contribution in [3.8, 4) is 5.75 Å². The van der Waals surface area contributed by atoms with Crippen LogP contribution in [0.2, 0.25) is 0 Å². The second-order valence-corrected chi connectivity index (χ2v) is 6.68. The standard InChI is InChI=1S/C18H21NOS/c1-12-7-14(9-19)8-13(2)18(12)20-10-15-11-21-17-6-4-3-5-16(15)17/h3-8,15H,9-11,19H2,1-2H3. The number of hydrogen-bond donors (Lipinski definition) is 1. The molecular formula is C18H21NOS. The third-order valence-electron chi connectivity index (χ3n) is 3.98. The number of nitrogens with two attached hydrogens (primary N) is 1. The van der Waals surface area contributed by atoms with E-state index in [1.807, 2.05) is 11.8 Å². The SMILES string of the molecule is Cc1cc(CN)cc(C)c1OCC1CSc2ccccc21. The number of aryl methyl sites for hydroxylation is 2. The normalized spacial score (nSPS) is 16.8. The zero-order valence-electron chi connectivity index (χ0n) is 12.6. The Bertz CT molecular complexity index is 630. The van der Waals surface area contributed by atoms with Crippen LogP contribution in [0.25, 0.3) is 0 Å². The molecule has 0 fully saturated rings. The third-order valence-corrected chi connectivity index (χ3v) is 5.24. The summed E-state index contributed by atoms with van der Waals surface area (Å²) in [6.07, 6.45) is 0. The maximum Gasteiger partial charge on any atom is 0.125 e. The van der Waals surface area contributed by atoms with Crippen molar-refractivity contribution in [2.45, 2.75) is 31.2 Å². The first kappa shape index (κ1) is 14.5. The van der Waals surface area contributed by atoms with Gasteiger partial charge >= 0.3 is 0 Å². The van der Waals surface area contributed by atoms with Crippen molar-refractivity contribution in [1.82, 2.24) is 0 Å². The lowest BCUT2D eigenvalue weighted by Gasteiger charge is -2.17. The summed E-state index contributed by atoms with van der Waals surface area (Å²) in [5.74, 6) is 2.61. The molecule has 1 heterocycles. The summed E-state index contributed by atoms with van der Waals surface area (Å²) in [5, 5.41) is 0. The summed E-state index contributed by atoms with van der Waals surface area (Å²) in [5.41, 5.74) is 10.7. The zero-order chi connectivity index (χ0) is 14.8. The molecule has 0 saturated carbocycles. The molecule has 2 aromatic rings. The molecule has 0 bridgehead atoms. The average molecular weight is 299 g/mol. The number of benzene rings is 2. The molecule has 2 aromatic carbocycles. The van der Waals surface area contributed by atoms with Crippen molar-refractivity contribution >= 4 is 11.8 Å². The number of hydrogen-bond acceptors (Lipinski definition) is 3. The van der Waals surface area contributed by atoms with Gasteiger partial charge in [0.05, 0.1) is 6.61 Å². The van der Waals surface area contributed by atoms with Gasteiger partial charge in [0, 0.05) is 23.1 Å². The van der Waals surface area contributed by atoms with Crippen molar-refractivity contribution in [2.24, 2.45) is 5.73 Å². The largest absolute Gasteiger partial charge is 0.492 e. The topological polar surface area (TPSA) is 35.2 Å². The Labute approximate surface area is 130 Å². The van der Waals surface area contributed by atoms with E-state index in [9.17, 15) is 0 Å². The number of fused-ring (bicyclic) bond motifs is 1. The molecule has 0 aromatic heterocycles. The van der Waals surface area contributed by atoms with E-state index in [-0.39, 0.29) is 0 Å². The van der Waals surface area contributed by atoms with E-state index in [0.29, 0.717) is 12.5 Å². The minimum atomic E-state index is 0.485. The molecule has 21 heavy (non-hydrogen) atoms. The lowest BCUT2D eigenvalue weighted by molar-refractivity contribution is 0.294. The van der Waals surface area contributed by atoms with Crippen LogP contribution in [-0.4, -0.2) is 12.4 Å². The molecule has 110 valence electrons. The molecule has 1 unspecified atom stereocenters. The smallest absolute Gasteiger partial charge is 0.125 e. The van der Waals surface area contributed by atoms with E-state index in [2.05, 4.69) is 50.2 Å². The lowest BCUT2D eigenvalue weighted by Crippen LogP contribution is -2.11. The first-order valence-electron chi connectivity index (χ1n) is 7.33. The summed E-state index contributed by atoms with van der Waals surface area (Å²) in [6, 6.07) is 12.9. The summed E-state index contributed by atoms with van der Waals surface area (Å²) >= 11 is 1.93. The van der Waals surface area contributed by atoms with E-state index < -0.39 is 0 Å². The molecule has 0 amide bonds. The molecular weight excluding hydrogens is 278 g/mol. The Morgan fingerprint density at radius 3 is 2.62 bits per heavy atom. The van der Waals surface area contributed by atoms with Crippen LogP contribution in [0.1, 0.15) is 28.2 Å². The molecule has 1 atom stereocenters. The van der Waals surface area contributed by atoms with Gasteiger partial charge in [0.1, 0.15) is 5.75 Å². The fraction of sp³-hybridized carbons (Fsp3) is 0.333. The van der Waals surface area contributed by atoms with Gasteiger partial charge in [0.25, 0.3) is 0 Å². The predicted octanol–water partition coefficient (Wildman–Crippen LogP) is 4.03. The van der Waals surface area contributed by atoms with E-state index >= 15 is 0 Å². The van der Waals surface area contributed by atoms with Crippen LogP contribution in [0, 0.1) is 13.8 Å². The number of rotatable bonds is 4.